The molecule has 1 N–H and O–H groups in total. The van der Waals surface area contributed by atoms with Crippen LogP contribution in [0.15, 0.2) is 27.3 Å². The van der Waals surface area contributed by atoms with Crippen molar-refractivity contribution < 1.29 is 19.1 Å². The molecule has 0 amide bonds. The number of anilines is 1. The molecule has 2 aliphatic heterocycles. The smallest absolute Gasteiger partial charge is 0.306 e. The molecule has 2 atom stereocenters. The highest BCUT2D eigenvalue weighted by molar-refractivity contribution is 9.10. The number of halogens is 1. The first-order chi connectivity index (χ1) is 20.2. The Hall–Kier alpha value is -2.10. The van der Waals surface area contributed by atoms with Crippen LogP contribution < -0.4 is 10.2 Å². The summed E-state index contributed by atoms with van der Waals surface area (Å²) in [6.07, 6.45) is 10.3. The Bertz CT molecular complexity index is 1130. The van der Waals surface area contributed by atoms with Gasteiger partial charge in [-0.2, -0.15) is 0 Å². The van der Waals surface area contributed by atoms with E-state index in [2.05, 4.69) is 56.5 Å². The first-order valence-electron chi connectivity index (χ1n) is 14.2. The zero-order valence-electron chi connectivity index (χ0n) is 26.4. The molecule has 0 saturated carbocycles. The molecule has 0 aliphatic carbocycles. The number of hydrogen-bond donors (Lipinski definition) is 1. The van der Waals surface area contributed by atoms with E-state index in [0.29, 0.717) is 39.6 Å². The maximum Gasteiger partial charge on any atom is 0.306 e. The molecule has 4 heterocycles. The van der Waals surface area contributed by atoms with Crippen LogP contribution in [0.4, 0.5) is 5.82 Å². The summed E-state index contributed by atoms with van der Waals surface area (Å²) in [5, 5.41) is 20.3. The monoisotopic (exact) mass is 700 g/mol. The van der Waals surface area contributed by atoms with Gasteiger partial charge in [0.15, 0.2) is 5.82 Å². The second-order valence-corrected chi connectivity index (χ2v) is 14.5. The summed E-state index contributed by atoms with van der Waals surface area (Å²) in [5.74, 6) is 1.37. The third-order valence-electron chi connectivity index (χ3n) is 5.93. The summed E-state index contributed by atoms with van der Waals surface area (Å²) < 4.78 is 11.3. The van der Waals surface area contributed by atoms with Crippen molar-refractivity contribution >= 4 is 57.2 Å². The molecule has 4 rings (SSSR count). The Balaban J connectivity index is 0.000000249. The van der Waals surface area contributed by atoms with Crippen molar-refractivity contribution in [1.82, 2.24) is 35.7 Å². The van der Waals surface area contributed by atoms with Crippen molar-refractivity contribution in [2.45, 2.75) is 88.7 Å². The molecule has 2 aliphatic rings. The predicted octanol–water partition coefficient (Wildman–Crippen LogP) is 4.84. The number of ether oxygens (including phenoxy) is 2. The lowest BCUT2D eigenvalue weighted by atomic mass is 10.1. The Morgan fingerprint density at radius 3 is 1.88 bits per heavy atom. The maximum atomic E-state index is 11.9. The van der Waals surface area contributed by atoms with Crippen molar-refractivity contribution in [3.63, 3.8) is 0 Å². The van der Waals surface area contributed by atoms with Crippen molar-refractivity contribution in [2.24, 2.45) is 11.8 Å². The van der Waals surface area contributed by atoms with E-state index in [4.69, 9.17) is 9.47 Å². The molecule has 2 aromatic rings. The Kier molecular flexibility index (Phi) is 15.5. The van der Waals surface area contributed by atoms with Gasteiger partial charge in [-0.3, -0.25) is 9.59 Å². The molecule has 0 aromatic carbocycles. The van der Waals surface area contributed by atoms with Crippen LogP contribution in [0.5, 0.6) is 0 Å². The van der Waals surface area contributed by atoms with Crippen LogP contribution in [0, 0.1) is 11.8 Å². The number of esters is 2. The molecule has 2 aromatic heterocycles. The van der Waals surface area contributed by atoms with Gasteiger partial charge in [0.1, 0.15) is 15.8 Å². The molecule has 240 valence electrons. The van der Waals surface area contributed by atoms with Gasteiger partial charge in [0.2, 0.25) is 10.3 Å². The second-order valence-electron chi connectivity index (χ2n) is 12.1. The number of aromatic nitrogens is 6. The van der Waals surface area contributed by atoms with Gasteiger partial charge >= 0.3 is 11.9 Å². The topological polar surface area (TPSA) is 145 Å². The third kappa shape index (κ3) is 16.0. The average molecular weight is 702 g/mol. The molecular formula is C28H45BrN8O4S2. The molecule has 0 unspecified atom stereocenters. The summed E-state index contributed by atoms with van der Waals surface area (Å²) >= 11 is 6.07. The standard InChI is InChI=1S/C14H22N4O2S.C10H19NO2.C4H4BrN3S/c1-14(2,3)20-12(19)7-10-5-6-18(9-10)11-8-15-13(21-4)17-16-11;1-10(2,3)13-9(12)6-8-4-5-11-7-8;1-9-4-6-2-3(5)7-8-4/h8,10H,5-7,9H2,1-4H3;8,11H,4-7H2,1-3H3;2H,1H3/t10-;8-;/m00./s1. The summed E-state index contributed by atoms with van der Waals surface area (Å²) in [7, 11) is 0. The normalized spacial score (nSPS) is 18.2. The zero-order chi connectivity index (χ0) is 32.0. The highest BCUT2D eigenvalue weighted by Crippen LogP contribution is 2.25. The van der Waals surface area contributed by atoms with Gasteiger partial charge in [-0.1, -0.05) is 23.5 Å². The Morgan fingerprint density at radius 2 is 1.44 bits per heavy atom. The van der Waals surface area contributed by atoms with Crippen molar-refractivity contribution in [1.29, 1.82) is 0 Å². The number of carbonyl (C=O) groups excluding carboxylic acids is 2. The number of thioether (sulfide) groups is 2. The molecule has 0 spiro atoms. The Morgan fingerprint density at radius 1 is 0.884 bits per heavy atom. The summed E-state index contributed by atoms with van der Waals surface area (Å²) in [5.41, 5.74) is -0.762. The lowest BCUT2D eigenvalue weighted by Crippen LogP contribution is -2.26. The minimum Gasteiger partial charge on any atom is -0.460 e. The second kappa shape index (κ2) is 18.0. The lowest BCUT2D eigenvalue weighted by Gasteiger charge is -2.21. The van der Waals surface area contributed by atoms with Crippen molar-refractivity contribution in [3.05, 3.63) is 17.0 Å². The number of hydrogen-bond acceptors (Lipinski definition) is 14. The third-order valence-corrected chi connectivity index (χ3v) is 7.40. The molecule has 43 heavy (non-hydrogen) atoms. The fourth-order valence-corrected chi connectivity index (χ4v) is 4.92. The van der Waals surface area contributed by atoms with Crippen LogP contribution in [-0.2, 0) is 19.1 Å². The fourth-order valence-electron chi connectivity index (χ4n) is 4.17. The molecule has 0 bridgehead atoms. The molecular weight excluding hydrogens is 656 g/mol. The van der Waals surface area contributed by atoms with Crippen LogP contribution in [0.2, 0.25) is 0 Å². The fraction of sp³-hybridized carbons (Fsp3) is 0.714. The number of nitrogens with one attached hydrogen (secondary N) is 1. The maximum absolute atomic E-state index is 11.9. The van der Waals surface area contributed by atoms with Gasteiger partial charge < -0.3 is 19.7 Å². The van der Waals surface area contributed by atoms with Gasteiger partial charge in [0, 0.05) is 19.5 Å². The van der Waals surface area contributed by atoms with Gasteiger partial charge in [0.25, 0.3) is 0 Å². The minimum atomic E-state index is -0.418. The highest BCUT2D eigenvalue weighted by atomic mass is 79.9. The van der Waals surface area contributed by atoms with E-state index in [1.54, 1.807) is 12.4 Å². The van der Waals surface area contributed by atoms with Crippen LogP contribution in [-0.4, -0.2) is 92.2 Å². The first kappa shape index (κ1) is 37.1. The van der Waals surface area contributed by atoms with E-state index in [-0.39, 0.29) is 17.5 Å². The summed E-state index contributed by atoms with van der Waals surface area (Å²) in [6, 6.07) is 0. The van der Waals surface area contributed by atoms with E-state index in [9.17, 15) is 9.59 Å². The van der Waals surface area contributed by atoms with E-state index in [0.717, 1.165) is 44.8 Å². The quantitative estimate of drug-likeness (QED) is 0.311. The lowest BCUT2D eigenvalue weighted by molar-refractivity contribution is -0.157. The van der Waals surface area contributed by atoms with Crippen LogP contribution in [0.25, 0.3) is 0 Å². The van der Waals surface area contributed by atoms with Gasteiger partial charge in [-0.05, 0) is 108 Å². The number of carbonyl (C=O) groups is 2. The Labute approximate surface area is 272 Å². The van der Waals surface area contributed by atoms with Crippen molar-refractivity contribution in [3.8, 4) is 0 Å². The minimum absolute atomic E-state index is 0.0683. The molecule has 2 fully saturated rings. The van der Waals surface area contributed by atoms with Gasteiger partial charge in [-0.15, -0.1) is 20.4 Å². The zero-order valence-corrected chi connectivity index (χ0v) is 29.6. The predicted molar refractivity (Wildman–Crippen MR) is 173 cm³/mol. The van der Waals surface area contributed by atoms with E-state index in [1.165, 1.54) is 23.5 Å². The van der Waals surface area contributed by atoms with Gasteiger partial charge in [-0.25, -0.2) is 9.97 Å². The van der Waals surface area contributed by atoms with E-state index in [1.807, 2.05) is 54.1 Å². The van der Waals surface area contributed by atoms with E-state index >= 15 is 0 Å². The summed E-state index contributed by atoms with van der Waals surface area (Å²) in [6.45, 7) is 15.0. The van der Waals surface area contributed by atoms with E-state index < -0.39 is 5.60 Å². The van der Waals surface area contributed by atoms with Gasteiger partial charge in [0.05, 0.1) is 18.8 Å². The number of rotatable bonds is 7. The van der Waals surface area contributed by atoms with Crippen molar-refractivity contribution in [2.75, 3.05) is 43.6 Å². The molecule has 0 radical (unpaired) electrons. The molecule has 2 saturated heterocycles. The number of nitrogens with zero attached hydrogens (tertiary/aromatic N) is 7. The SMILES string of the molecule is CC(C)(C)OC(=O)C[C@@H]1CCNC1.CSc1ncc(Br)nn1.CSc1ncc(N2CC[C@@H](CC(=O)OC(C)(C)C)C2)nn1. The molecule has 15 heteroatoms. The van der Waals surface area contributed by atoms with Crippen LogP contribution in [0.3, 0.4) is 0 Å². The first-order valence-corrected chi connectivity index (χ1v) is 17.4. The molecule has 12 nitrogen and oxygen atoms in total. The van der Waals surface area contributed by atoms with Crippen LogP contribution >= 0.6 is 39.5 Å². The largest absolute Gasteiger partial charge is 0.460 e. The highest BCUT2D eigenvalue weighted by Gasteiger charge is 2.28. The summed E-state index contributed by atoms with van der Waals surface area (Å²) in [4.78, 5) is 33.5. The average Bonchev–Trinajstić information content (AvgIpc) is 3.60. The van der Waals surface area contributed by atoms with Crippen LogP contribution in [0.1, 0.15) is 67.2 Å².